The van der Waals surface area contributed by atoms with Gasteiger partial charge in [-0.1, -0.05) is 43.6 Å². The van der Waals surface area contributed by atoms with Gasteiger partial charge in [-0.05, 0) is 59.9 Å². The Morgan fingerprint density at radius 3 is 2.55 bits per heavy atom. The highest BCUT2D eigenvalue weighted by atomic mass is 35.5. The first kappa shape index (κ1) is 20.8. The van der Waals surface area contributed by atoms with Gasteiger partial charge >= 0.3 is 0 Å². The number of likely N-dealkylation sites (tertiary alicyclic amines) is 1. The highest BCUT2D eigenvalue weighted by Crippen LogP contribution is 2.29. The molecule has 2 aromatic rings. The number of nitrogens with zero attached hydrogens (tertiary/aromatic N) is 3. The summed E-state index contributed by atoms with van der Waals surface area (Å²) in [6.07, 6.45) is 3.59. The maximum Gasteiger partial charge on any atom is 0.253 e. The summed E-state index contributed by atoms with van der Waals surface area (Å²) in [5.41, 5.74) is 4.40. The normalized spacial score (nSPS) is 14.9. The number of aliphatic imine (C=N–C) groups is 1. The van der Waals surface area contributed by atoms with Crippen molar-refractivity contribution in [2.75, 3.05) is 13.1 Å². The molecule has 29 heavy (non-hydrogen) atoms. The summed E-state index contributed by atoms with van der Waals surface area (Å²) in [6.45, 7) is 7.43. The minimum atomic E-state index is 0.0198. The summed E-state index contributed by atoms with van der Waals surface area (Å²) in [5, 5.41) is 9.31. The molecule has 148 valence electrons. The Kier molecular flexibility index (Phi) is 6.51. The van der Waals surface area contributed by atoms with E-state index in [1.807, 2.05) is 68.1 Å². The van der Waals surface area contributed by atoms with Crippen LogP contribution in [0.5, 0.6) is 0 Å². The quantitative estimate of drug-likeness (QED) is 0.496. The molecule has 0 unspecified atom stereocenters. The first-order valence-corrected chi connectivity index (χ1v) is 10.1. The summed E-state index contributed by atoms with van der Waals surface area (Å²) in [4.78, 5) is 19.0. The average molecular weight is 406 g/mol. The van der Waals surface area contributed by atoms with Gasteiger partial charge in [-0.15, -0.1) is 0 Å². The monoisotopic (exact) mass is 405 g/mol. The van der Waals surface area contributed by atoms with Crippen LogP contribution in [0.15, 0.2) is 52.6 Å². The van der Waals surface area contributed by atoms with Crippen LogP contribution in [0.4, 0.5) is 0 Å². The van der Waals surface area contributed by atoms with Crippen molar-refractivity contribution in [1.82, 2.24) is 4.90 Å². The van der Waals surface area contributed by atoms with E-state index >= 15 is 0 Å². The topological polar surface area (TPSA) is 56.5 Å². The van der Waals surface area contributed by atoms with E-state index in [1.165, 1.54) is 0 Å². The second kappa shape index (κ2) is 9.07. The molecule has 1 fully saturated rings. The van der Waals surface area contributed by atoms with Crippen LogP contribution < -0.4 is 0 Å². The van der Waals surface area contributed by atoms with E-state index in [0.29, 0.717) is 41.2 Å². The molecule has 0 spiro atoms. The van der Waals surface area contributed by atoms with Crippen LogP contribution in [0.2, 0.25) is 0 Å². The van der Waals surface area contributed by atoms with Gasteiger partial charge in [0.1, 0.15) is 5.16 Å². The predicted molar refractivity (Wildman–Crippen MR) is 118 cm³/mol. The van der Waals surface area contributed by atoms with Crippen LogP contribution in [-0.4, -0.2) is 30.1 Å². The van der Waals surface area contributed by atoms with Gasteiger partial charge in [-0.2, -0.15) is 5.26 Å². The third-order valence-electron chi connectivity index (χ3n) is 4.98. The fourth-order valence-corrected chi connectivity index (χ4v) is 3.36. The fourth-order valence-electron chi connectivity index (χ4n) is 3.18. The Morgan fingerprint density at radius 2 is 1.93 bits per heavy atom. The molecule has 0 radical (unpaired) electrons. The Morgan fingerprint density at radius 1 is 1.24 bits per heavy atom. The first-order chi connectivity index (χ1) is 13.9. The van der Waals surface area contributed by atoms with Crippen LogP contribution in [-0.2, 0) is 0 Å². The zero-order valence-electron chi connectivity index (χ0n) is 16.9. The summed E-state index contributed by atoms with van der Waals surface area (Å²) in [6, 6.07) is 15.4. The molecule has 5 heteroatoms. The molecule has 0 atom stereocenters. The van der Waals surface area contributed by atoms with Gasteiger partial charge in [0.2, 0.25) is 0 Å². The second-order valence-electron chi connectivity index (χ2n) is 7.70. The number of amides is 1. The van der Waals surface area contributed by atoms with Gasteiger partial charge in [0.25, 0.3) is 5.91 Å². The van der Waals surface area contributed by atoms with Gasteiger partial charge < -0.3 is 4.90 Å². The van der Waals surface area contributed by atoms with Crippen LogP contribution in [0.1, 0.15) is 52.4 Å². The molecule has 1 aliphatic rings. The third-order valence-corrected chi connectivity index (χ3v) is 5.18. The number of carbonyl (C=O) groups is 1. The van der Waals surface area contributed by atoms with Gasteiger partial charge in [0.15, 0.2) is 0 Å². The average Bonchev–Trinajstić information content (AvgIpc) is 2.67. The van der Waals surface area contributed by atoms with Crippen molar-refractivity contribution in [2.24, 2.45) is 10.9 Å². The van der Waals surface area contributed by atoms with Gasteiger partial charge in [-0.25, -0.2) is 4.99 Å². The van der Waals surface area contributed by atoms with Crippen molar-refractivity contribution < 1.29 is 4.79 Å². The smallest absolute Gasteiger partial charge is 0.253 e. The minimum absolute atomic E-state index is 0.0198. The Balaban J connectivity index is 1.69. The number of halogens is 1. The maximum absolute atomic E-state index is 12.9. The maximum atomic E-state index is 12.9. The molecule has 1 heterocycles. The zero-order valence-corrected chi connectivity index (χ0v) is 17.6. The third kappa shape index (κ3) is 5.13. The van der Waals surface area contributed by atoms with E-state index in [2.05, 4.69) is 11.1 Å². The van der Waals surface area contributed by atoms with Crippen molar-refractivity contribution >= 4 is 29.8 Å². The van der Waals surface area contributed by atoms with Gasteiger partial charge in [0.05, 0.1) is 11.6 Å². The van der Waals surface area contributed by atoms with E-state index in [9.17, 15) is 4.79 Å². The standard InChI is InChI=1S/C24H24ClN3O/c1-16(2)13-27-23(25)11-21-10-20(7-4-17(21)3)24(29)28-14-22(15-28)19-8-5-18(12-26)6-9-19/h4-11,13,16,22H,14-15H2,1-3H3/b23-11+,27-13?. The first-order valence-electron chi connectivity index (χ1n) is 9.68. The molecule has 0 aliphatic carbocycles. The lowest BCUT2D eigenvalue weighted by Gasteiger charge is -2.39. The highest BCUT2D eigenvalue weighted by Gasteiger charge is 2.32. The lowest BCUT2D eigenvalue weighted by atomic mass is 9.90. The van der Waals surface area contributed by atoms with Gasteiger partial charge in [-0.3, -0.25) is 4.79 Å². The lowest BCUT2D eigenvalue weighted by Crippen LogP contribution is -2.48. The molecule has 3 rings (SSSR count). The number of hydrogen-bond acceptors (Lipinski definition) is 3. The van der Waals surface area contributed by atoms with E-state index in [1.54, 1.807) is 12.3 Å². The summed E-state index contributed by atoms with van der Waals surface area (Å²) < 4.78 is 0. The van der Waals surface area contributed by atoms with E-state index in [0.717, 1.165) is 16.7 Å². The number of rotatable bonds is 5. The van der Waals surface area contributed by atoms with E-state index < -0.39 is 0 Å². The minimum Gasteiger partial charge on any atom is -0.337 e. The van der Waals surface area contributed by atoms with E-state index in [-0.39, 0.29) is 5.91 Å². The molecule has 1 amide bonds. The molecule has 0 aromatic heterocycles. The SMILES string of the molecule is Cc1ccc(C(=O)N2CC(c3ccc(C#N)cc3)C2)cc1/C=C(\Cl)N=CC(C)C. The van der Waals surface area contributed by atoms with E-state index in [4.69, 9.17) is 16.9 Å². The summed E-state index contributed by atoms with van der Waals surface area (Å²) in [5.74, 6) is 0.657. The second-order valence-corrected chi connectivity index (χ2v) is 8.09. The highest BCUT2D eigenvalue weighted by molar-refractivity contribution is 6.31. The van der Waals surface area contributed by atoms with Crippen LogP contribution >= 0.6 is 11.6 Å². The molecular formula is C24H24ClN3O. The van der Waals surface area contributed by atoms with Crippen molar-refractivity contribution in [3.8, 4) is 6.07 Å². The molecule has 4 nitrogen and oxygen atoms in total. The number of aryl methyl sites for hydroxylation is 1. The largest absolute Gasteiger partial charge is 0.337 e. The van der Waals surface area contributed by atoms with Crippen molar-refractivity contribution in [3.05, 3.63) is 75.4 Å². The summed E-state index contributed by atoms with van der Waals surface area (Å²) >= 11 is 6.22. The molecule has 1 saturated heterocycles. The fraction of sp³-hybridized carbons (Fsp3) is 0.292. The summed E-state index contributed by atoms with van der Waals surface area (Å²) in [7, 11) is 0. The van der Waals surface area contributed by atoms with Crippen molar-refractivity contribution in [1.29, 1.82) is 5.26 Å². The number of carbonyl (C=O) groups excluding carboxylic acids is 1. The Bertz CT molecular complexity index is 994. The number of benzene rings is 2. The van der Waals surface area contributed by atoms with Crippen molar-refractivity contribution in [3.63, 3.8) is 0 Å². The van der Waals surface area contributed by atoms with Crippen LogP contribution in [0.3, 0.4) is 0 Å². The zero-order chi connectivity index (χ0) is 21.0. The number of nitriles is 1. The molecule has 0 bridgehead atoms. The van der Waals surface area contributed by atoms with Gasteiger partial charge in [0, 0.05) is 30.8 Å². The molecular weight excluding hydrogens is 382 g/mol. The molecule has 0 N–H and O–H groups in total. The van der Waals surface area contributed by atoms with Crippen molar-refractivity contribution in [2.45, 2.75) is 26.7 Å². The Hall–Kier alpha value is -2.90. The number of hydrogen-bond donors (Lipinski definition) is 0. The molecule has 2 aromatic carbocycles. The molecule has 0 saturated carbocycles. The van der Waals surface area contributed by atoms with Crippen LogP contribution in [0, 0.1) is 24.2 Å². The Labute approximate surface area is 177 Å². The molecule has 1 aliphatic heterocycles. The predicted octanol–water partition coefficient (Wildman–Crippen LogP) is 5.37. The van der Waals surface area contributed by atoms with Crippen LogP contribution in [0.25, 0.3) is 6.08 Å². The lowest BCUT2D eigenvalue weighted by molar-refractivity contribution is 0.0602.